The minimum atomic E-state index is 0. The van der Waals surface area contributed by atoms with E-state index in [-0.39, 0.29) is 77.8 Å². The van der Waals surface area contributed by atoms with Crippen molar-refractivity contribution in [2.45, 2.75) is 12.8 Å². The molecule has 0 unspecified atom stereocenters. The van der Waals surface area contributed by atoms with Crippen molar-refractivity contribution in [3.63, 3.8) is 0 Å². The van der Waals surface area contributed by atoms with Crippen molar-refractivity contribution in [3.8, 4) is 0 Å². The summed E-state index contributed by atoms with van der Waals surface area (Å²) in [6, 6.07) is 33.8. The second kappa shape index (κ2) is 23.5. The van der Waals surface area contributed by atoms with E-state index in [4.69, 9.17) is 0 Å². The first-order valence-electron chi connectivity index (χ1n) is 7.77. The van der Waals surface area contributed by atoms with E-state index >= 15 is 0 Å². The van der Waals surface area contributed by atoms with Crippen LogP contribution in [0.5, 0.6) is 0 Å². The predicted octanol–water partition coefficient (Wildman–Crippen LogP) is 8.90. The maximum Gasteiger partial charge on any atom is 0 e. The Morgan fingerprint density at radius 1 is 0.600 bits per heavy atom. The van der Waals surface area contributed by atoms with Gasteiger partial charge in [-0.15, -0.1) is 40.6 Å². The molecule has 4 aromatic rings. The predicted molar refractivity (Wildman–Crippen MR) is 140 cm³/mol. The molecule has 0 aliphatic carbocycles. The standard InChI is InChI=1S/C17H15.C5H5.7CH3.Hf/c1-2-6-14(7-3-1)10-11-16-13-12-15-8-4-5-9-17(15)16;1-2-4-5-3-1;;;;;;;;/h1-9,12-13H,10-11H2;1-5H;7*1H3;/q9*-1;. The second-order valence-electron chi connectivity index (χ2n) is 5.39. The summed E-state index contributed by atoms with van der Waals surface area (Å²) in [6.07, 6.45) is 2.24. The van der Waals surface area contributed by atoms with Crippen molar-refractivity contribution in [1.29, 1.82) is 0 Å². The van der Waals surface area contributed by atoms with Crippen LogP contribution >= 0.6 is 0 Å². The Morgan fingerprint density at radius 3 is 1.67 bits per heavy atom. The van der Waals surface area contributed by atoms with E-state index < -0.39 is 0 Å². The molecule has 0 nitrogen and oxygen atoms in total. The number of hydrogen-bond acceptors (Lipinski definition) is 0. The van der Waals surface area contributed by atoms with Gasteiger partial charge in [0.2, 0.25) is 0 Å². The minimum Gasteiger partial charge on any atom is -0.358 e. The fourth-order valence-corrected chi connectivity index (χ4v) is 2.68. The molecule has 4 rings (SSSR count). The van der Waals surface area contributed by atoms with Gasteiger partial charge in [0, 0.05) is 25.8 Å². The van der Waals surface area contributed by atoms with E-state index in [0.717, 1.165) is 12.8 Å². The second-order valence-corrected chi connectivity index (χ2v) is 5.39. The molecule has 0 bridgehead atoms. The van der Waals surface area contributed by atoms with Crippen LogP contribution in [-0.2, 0) is 38.7 Å². The van der Waals surface area contributed by atoms with Crippen LogP contribution in [0.2, 0.25) is 0 Å². The van der Waals surface area contributed by atoms with Gasteiger partial charge in [0.15, 0.2) is 0 Å². The Morgan fingerprint density at radius 2 is 1.13 bits per heavy atom. The first-order chi connectivity index (χ1) is 10.9. The zero-order valence-corrected chi connectivity index (χ0v) is 23.7. The molecular weight excluding hydrogens is 527 g/mol. The Bertz CT molecular complexity index is 762. The molecule has 0 atom stereocenters. The fraction of sp³-hybridized carbons (Fsp3) is 0.0690. The van der Waals surface area contributed by atoms with Crippen LogP contribution in [-0.4, -0.2) is 0 Å². The number of fused-ring (bicyclic) bond motifs is 1. The molecule has 0 aliphatic rings. The number of aryl methyl sites for hydroxylation is 2. The van der Waals surface area contributed by atoms with Crippen molar-refractivity contribution >= 4 is 10.8 Å². The molecule has 0 fully saturated rings. The Labute approximate surface area is 208 Å². The minimum absolute atomic E-state index is 0. The first-order valence-corrected chi connectivity index (χ1v) is 7.77. The van der Waals surface area contributed by atoms with Gasteiger partial charge in [-0.05, 0) is 12.0 Å². The quantitative estimate of drug-likeness (QED) is 0.171. The Kier molecular flexibility index (Phi) is 33.3. The zero-order chi connectivity index (χ0) is 15.0. The fourth-order valence-electron chi connectivity index (χ4n) is 2.68. The van der Waals surface area contributed by atoms with E-state index in [1.807, 2.05) is 30.3 Å². The van der Waals surface area contributed by atoms with E-state index in [1.165, 1.54) is 21.9 Å². The third-order valence-corrected chi connectivity index (χ3v) is 3.85. The molecule has 4 aromatic carbocycles. The monoisotopic (exact) mass is 569 g/mol. The summed E-state index contributed by atoms with van der Waals surface area (Å²) in [4.78, 5) is 0. The van der Waals surface area contributed by atoms with E-state index in [2.05, 4.69) is 66.7 Å². The summed E-state index contributed by atoms with van der Waals surface area (Å²) < 4.78 is 0. The number of benzene rings is 2. The third-order valence-electron chi connectivity index (χ3n) is 3.85. The van der Waals surface area contributed by atoms with Gasteiger partial charge in [-0.2, -0.15) is 24.3 Å². The van der Waals surface area contributed by atoms with E-state index in [0.29, 0.717) is 0 Å². The molecule has 170 valence electrons. The SMILES string of the molecule is [CH3-].[CH3-].[CH3-].[CH3-].[CH3-].[CH3-].[CH3-].[Hf].c1cc[cH-]c1.c1ccc(CC[c-]2ccc3ccccc32)cc1. The van der Waals surface area contributed by atoms with Gasteiger partial charge >= 0.3 is 0 Å². The molecule has 0 aliphatic heterocycles. The zero-order valence-electron chi connectivity index (χ0n) is 20.2. The molecule has 0 N–H and O–H groups in total. The van der Waals surface area contributed by atoms with Crippen LogP contribution in [0.15, 0.2) is 97.1 Å². The Balaban J connectivity index is -0.0000000997. The average Bonchev–Trinajstić information content (AvgIpc) is 3.27. The molecule has 0 spiro atoms. The first kappa shape index (κ1) is 42.4. The largest absolute Gasteiger partial charge is 0.358 e. The van der Waals surface area contributed by atoms with Crippen LogP contribution in [0.4, 0.5) is 0 Å². The summed E-state index contributed by atoms with van der Waals surface area (Å²) in [6.45, 7) is 0. The molecular formula is C29H41Hf-9. The number of hydrogen-bond donors (Lipinski definition) is 0. The molecule has 1 heteroatoms. The van der Waals surface area contributed by atoms with Gasteiger partial charge in [0.1, 0.15) is 0 Å². The average molecular weight is 568 g/mol. The molecule has 0 heterocycles. The molecule has 0 saturated carbocycles. The molecule has 30 heavy (non-hydrogen) atoms. The van der Waals surface area contributed by atoms with Gasteiger partial charge in [-0.3, -0.25) is 0 Å². The molecule has 0 saturated heterocycles. The van der Waals surface area contributed by atoms with Crippen LogP contribution in [0.1, 0.15) is 11.1 Å². The van der Waals surface area contributed by atoms with E-state index in [9.17, 15) is 0 Å². The van der Waals surface area contributed by atoms with Crippen LogP contribution < -0.4 is 0 Å². The van der Waals surface area contributed by atoms with Gasteiger partial charge < -0.3 is 52.0 Å². The van der Waals surface area contributed by atoms with Gasteiger partial charge in [-0.25, -0.2) is 12.1 Å². The molecule has 0 aromatic heterocycles. The third kappa shape index (κ3) is 12.8. The van der Waals surface area contributed by atoms with Crippen LogP contribution in [0.3, 0.4) is 0 Å². The normalized spacial score (nSPS) is 7.47. The van der Waals surface area contributed by atoms with Crippen molar-refractivity contribution in [3.05, 3.63) is 160 Å². The molecule has 0 radical (unpaired) electrons. The smallest absolute Gasteiger partial charge is 0 e. The van der Waals surface area contributed by atoms with Gasteiger partial charge in [-0.1, -0.05) is 42.8 Å². The van der Waals surface area contributed by atoms with Crippen molar-refractivity contribution < 1.29 is 25.8 Å². The summed E-state index contributed by atoms with van der Waals surface area (Å²) in [5.41, 5.74) is 2.88. The van der Waals surface area contributed by atoms with Gasteiger partial charge in [0.05, 0.1) is 0 Å². The maximum atomic E-state index is 2.26. The molecule has 0 amide bonds. The maximum absolute atomic E-state index is 2.26. The summed E-state index contributed by atoms with van der Waals surface area (Å²) in [7, 11) is 0. The van der Waals surface area contributed by atoms with Crippen LogP contribution in [0, 0.1) is 52.0 Å². The Hall–Kier alpha value is -1.73. The van der Waals surface area contributed by atoms with Crippen molar-refractivity contribution in [2.75, 3.05) is 0 Å². The summed E-state index contributed by atoms with van der Waals surface area (Å²) >= 11 is 0. The topological polar surface area (TPSA) is 0 Å². The van der Waals surface area contributed by atoms with E-state index in [1.54, 1.807) is 0 Å². The van der Waals surface area contributed by atoms with Crippen molar-refractivity contribution in [1.82, 2.24) is 0 Å². The van der Waals surface area contributed by atoms with Crippen molar-refractivity contribution in [2.24, 2.45) is 0 Å². The summed E-state index contributed by atoms with van der Waals surface area (Å²) in [5.74, 6) is 0. The van der Waals surface area contributed by atoms with Gasteiger partial charge in [0.25, 0.3) is 0 Å². The number of rotatable bonds is 3. The van der Waals surface area contributed by atoms with Crippen LogP contribution in [0.25, 0.3) is 10.8 Å². The summed E-state index contributed by atoms with van der Waals surface area (Å²) in [5, 5.41) is 2.76.